The van der Waals surface area contributed by atoms with E-state index in [1.165, 1.54) is 25.9 Å². The lowest BCUT2D eigenvalue weighted by Crippen LogP contribution is -2.31. The Bertz CT molecular complexity index is 372. The predicted octanol–water partition coefficient (Wildman–Crippen LogP) is 1.50. The SMILES string of the molecule is Cc1cc(N(C)CCN2CCCC2)ncc1N. The molecule has 0 aliphatic carbocycles. The first kappa shape index (κ1) is 12.2. The Kier molecular flexibility index (Phi) is 3.84. The number of nitrogens with two attached hydrogens (primary N) is 1. The summed E-state index contributed by atoms with van der Waals surface area (Å²) in [4.78, 5) is 9.08. The van der Waals surface area contributed by atoms with Gasteiger partial charge in [-0.05, 0) is 44.5 Å². The average molecular weight is 234 g/mol. The fourth-order valence-electron chi connectivity index (χ4n) is 2.17. The lowest BCUT2D eigenvalue weighted by atomic mass is 10.2. The summed E-state index contributed by atoms with van der Waals surface area (Å²) in [6.45, 7) is 6.68. The van der Waals surface area contributed by atoms with Crippen molar-refractivity contribution in [3.63, 3.8) is 0 Å². The van der Waals surface area contributed by atoms with Crippen LogP contribution in [0.3, 0.4) is 0 Å². The van der Waals surface area contributed by atoms with Crippen LogP contribution >= 0.6 is 0 Å². The van der Waals surface area contributed by atoms with Crippen molar-refractivity contribution in [3.05, 3.63) is 17.8 Å². The van der Waals surface area contributed by atoms with E-state index in [-0.39, 0.29) is 0 Å². The van der Waals surface area contributed by atoms with E-state index in [0.29, 0.717) is 0 Å². The number of likely N-dealkylation sites (tertiary alicyclic amines) is 1. The van der Waals surface area contributed by atoms with Crippen LogP contribution in [0.2, 0.25) is 0 Å². The molecule has 1 saturated heterocycles. The van der Waals surface area contributed by atoms with Crippen molar-refractivity contribution >= 4 is 11.5 Å². The van der Waals surface area contributed by atoms with Crippen molar-refractivity contribution in [3.8, 4) is 0 Å². The van der Waals surface area contributed by atoms with Gasteiger partial charge in [0.15, 0.2) is 0 Å². The Morgan fingerprint density at radius 2 is 2.12 bits per heavy atom. The zero-order valence-corrected chi connectivity index (χ0v) is 10.8. The number of aromatic nitrogens is 1. The largest absolute Gasteiger partial charge is 0.397 e. The predicted molar refractivity (Wildman–Crippen MR) is 72.3 cm³/mol. The molecule has 2 rings (SSSR count). The van der Waals surface area contributed by atoms with Crippen molar-refractivity contribution in [2.75, 3.05) is 43.9 Å². The molecule has 0 atom stereocenters. The van der Waals surface area contributed by atoms with E-state index in [2.05, 4.69) is 27.9 Å². The van der Waals surface area contributed by atoms with Crippen LogP contribution in [-0.2, 0) is 0 Å². The summed E-state index contributed by atoms with van der Waals surface area (Å²) >= 11 is 0. The molecule has 0 bridgehead atoms. The molecule has 0 unspecified atom stereocenters. The number of rotatable bonds is 4. The van der Waals surface area contributed by atoms with Gasteiger partial charge >= 0.3 is 0 Å². The summed E-state index contributed by atoms with van der Waals surface area (Å²) in [5, 5.41) is 0. The van der Waals surface area contributed by atoms with Crippen molar-refractivity contribution in [1.82, 2.24) is 9.88 Å². The summed E-state index contributed by atoms with van der Waals surface area (Å²) < 4.78 is 0. The van der Waals surface area contributed by atoms with Crippen LogP contribution in [0.4, 0.5) is 11.5 Å². The Labute approximate surface area is 103 Å². The number of nitrogens with zero attached hydrogens (tertiary/aromatic N) is 3. The Balaban J connectivity index is 1.89. The summed E-state index contributed by atoms with van der Waals surface area (Å²) in [5.74, 6) is 1.01. The highest BCUT2D eigenvalue weighted by molar-refractivity contribution is 5.51. The van der Waals surface area contributed by atoms with Gasteiger partial charge in [-0.3, -0.25) is 0 Å². The standard InChI is InChI=1S/C13H22N4/c1-11-9-13(15-10-12(11)14)16(2)7-8-17-5-3-4-6-17/h9-10H,3-8,14H2,1-2H3. The molecule has 0 radical (unpaired) electrons. The fourth-order valence-corrected chi connectivity index (χ4v) is 2.17. The summed E-state index contributed by atoms with van der Waals surface area (Å²) in [5.41, 5.74) is 7.64. The number of likely N-dealkylation sites (N-methyl/N-ethyl adjacent to an activating group) is 1. The number of hydrogen-bond donors (Lipinski definition) is 1. The van der Waals surface area contributed by atoms with Crippen LogP contribution in [0.15, 0.2) is 12.3 Å². The zero-order chi connectivity index (χ0) is 12.3. The third-order valence-electron chi connectivity index (χ3n) is 3.48. The van der Waals surface area contributed by atoms with Crippen LogP contribution in [0.5, 0.6) is 0 Å². The average Bonchev–Trinajstić information content (AvgIpc) is 2.82. The minimum Gasteiger partial charge on any atom is -0.397 e. The highest BCUT2D eigenvalue weighted by Crippen LogP contribution is 2.16. The molecule has 17 heavy (non-hydrogen) atoms. The van der Waals surface area contributed by atoms with Gasteiger partial charge in [0.05, 0.1) is 11.9 Å². The second-order valence-electron chi connectivity index (χ2n) is 4.87. The van der Waals surface area contributed by atoms with Gasteiger partial charge in [-0.2, -0.15) is 0 Å². The van der Waals surface area contributed by atoms with Gasteiger partial charge in [-0.15, -0.1) is 0 Å². The van der Waals surface area contributed by atoms with E-state index >= 15 is 0 Å². The minimum atomic E-state index is 0.765. The minimum absolute atomic E-state index is 0.765. The van der Waals surface area contributed by atoms with Gasteiger partial charge in [-0.1, -0.05) is 0 Å². The molecule has 0 spiro atoms. The lowest BCUT2D eigenvalue weighted by Gasteiger charge is -2.22. The molecule has 1 aliphatic heterocycles. The Morgan fingerprint density at radius 3 is 2.76 bits per heavy atom. The van der Waals surface area contributed by atoms with Crippen molar-refractivity contribution in [1.29, 1.82) is 0 Å². The molecule has 0 aromatic carbocycles. The monoisotopic (exact) mass is 234 g/mol. The van der Waals surface area contributed by atoms with Crippen molar-refractivity contribution in [2.45, 2.75) is 19.8 Å². The molecule has 4 heteroatoms. The van der Waals surface area contributed by atoms with E-state index in [0.717, 1.165) is 30.2 Å². The maximum Gasteiger partial charge on any atom is 0.128 e. The van der Waals surface area contributed by atoms with E-state index in [1.54, 1.807) is 6.20 Å². The van der Waals surface area contributed by atoms with Gasteiger partial charge in [0, 0.05) is 20.1 Å². The van der Waals surface area contributed by atoms with Gasteiger partial charge in [0.1, 0.15) is 5.82 Å². The molecule has 2 heterocycles. The molecule has 1 aromatic rings. The summed E-state index contributed by atoms with van der Waals surface area (Å²) in [6, 6.07) is 2.05. The molecule has 94 valence electrons. The van der Waals surface area contributed by atoms with E-state index in [9.17, 15) is 0 Å². The highest BCUT2D eigenvalue weighted by atomic mass is 15.2. The van der Waals surface area contributed by atoms with E-state index in [4.69, 9.17) is 5.73 Å². The van der Waals surface area contributed by atoms with Gasteiger partial charge < -0.3 is 15.5 Å². The Morgan fingerprint density at radius 1 is 1.41 bits per heavy atom. The fraction of sp³-hybridized carbons (Fsp3) is 0.615. The number of nitrogen functional groups attached to an aromatic ring is 1. The quantitative estimate of drug-likeness (QED) is 0.857. The topological polar surface area (TPSA) is 45.4 Å². The van der Waals surface area contributed by atoms with Crippen LogP contribution < -0.4 is 10.6 Å². The van der Waals surface area contributed by atoms with Gasteiger partial charge in [0.25, 0.3) is 0 Å². The molecule has 1 fully saturated rings. The maximum atomic E-state index is 5.77. The molecule has 1 aliphatic rings. The summed E-state index contributed by atoms with van der Waals surface area (Å²) in [7, 11) is 2.09. The Hall–Kier alpha value is -1.29. The molecule has 4 nitrogen and oxygen atoms in total. The van der Waals surface area contributed by atoms with Crippen molar-refractivity contribution in [2.24, 2.45) is 0 Å². The molecular weight excluding hydrogens is 212 g/mol. The second-order valence-corrected chi connectivity index (χ2v) is 4.87. The van der Waals surface area contributed by atoms with Crippen LogP contribution in [0, 0.1) is 6.92 Å². The summed E-state index contributed by atoms with van der Waals surface area (Å²) in [6.07, 6.45) is 4.45. The third kappa shape index (κ3) is 3.09. The van der Waals surface area contributed by atoms with E-state index in [1.807, 2.05) is 6.92 Å². The smallest absolute Gasteiger partial charge is 0.128 e. The van der Waals surface area contributed by atoms with Crippen LogP contribution in [-0.4, -0.2) is 43.1 Å². The molecule has 0 amide bonds. The third-order valence-corrected chi connectivity index (χ3v) is 3.48. The van der Waals surface area contributed by atoms with E-state index < -0.39 is 0 Å². The normalized spacial score (nSPS) is 16.4. The molecule has 1 aromatic heterocycles. The molecule has 0 saturated carbocycles. The molecular formula is C13H22N4. The van der Waals surface area contributed by atoms with Crippen molar-refractivity contribution < 1.29 is 0 Å². The zero-order valence-electron chi connectivity index (χ0n) is 10.8. The first-order chi connectivity index (χ1) is 8.16. The van der Waals surface area contributed by atoms with Gasteiger partial charge in [0.2, 0.25) is 0 Å². The molecule has 2 N–H and O–H groups in total. The first-order valence-corrected chi connectivity index (χ1v) is 6.32. The van der Waals surface area contributed by atoms with Crippen LogP contribution in [0.25, 0.3) is 0 Å². The number of pyridine rings is 1. The number of anilines is 2. The maximum absolute atomic E-state index is 5.77. The number of hydrogen-bond acceptors (Lipinski definition) is 4. The van der Waals surface area contributed by atoms with Crippen LogP contribution in [0.1, 0.15) is 18.4 Å². The first-order valence-electron chi connectivity index (χ1n) is 6.32. The highest BCUT2D eigenvalue weighted by Gasteiger charge is 2.12. The van der Waals surface area contributed by atoms with Gasteiger partial charge in [-0.25, -0.2) is 4.98 Å². The second kappa shape index (κ2) is 5.36. The number of aryl methyl sites for hydroxylation is 1. The lowest BCUT2D eigenvalue weighted by molar-refractivity contribution is 0.346.